The van der Waals surface area contributed by atoms with Crippen LogP contribution in [0.15, 0.2) is 28.4 Å². The molecule has 0 amide bonds. The SMILES string of the molecule is CCN(CCOCCOCCOCCOCC[N+](CC)(CC)CCCS(=O)(=O)O)c1ccc(N=Nc2sc([N+](=O)[O-])c(C)c2[N+](=O)[O-])c(C)c1. The van der Waals surface area contributed by atoms with Crippen molar-refractivity contribution in [2.75, 3.05) is 103 Å². The maximum atomic E-state index is 11.5. The van der Waals surface area contributed by atoms with Crippen molar-refractivity contribution in [3.8, 4) is 0 Å². The lowest BCUT2D eigenvalue weighted by Crippen LogP contribution is -2.50. The minimum Gasteiger partial charge on any atom is -0.377 e. The molecule has 1 heterocycles. The van der Waals surface area contributed by atoms with Crippen molar-refractivity contribution >= 4 is 48.5 Å². The standard InChI is InChI=1S/C31H50N6O11S2/c1-6-34(27-10-11-28(25(4)24-27)32-33-30-29(35(38)39)26(5)31(49-30)36(40)41)12-15-45-17-19-47-21-22-48-20-18-46-16-14-37(7-2,8-3)13-9-23-50(42,43)44/h10-11,24H,6-9,12-23H2,1-5H3/p+1. The highest BCUT2D eigenvalue weighted by molar-refractivity contribution is 7.85. The summed E-state index contributed by atoms with van der Waals surface area (Å²) in [6.07, 6.45) is 0.408. The van der Waals surface area contributed by atoms with Crippen molar-refractivity contribution in [2.24, 2.45) is 10.2 Å². The van der Waals surface area contributed by atoms with Gasteiger partial charge in [0.25, 0.3) is 10.1 Å². The third kappa shape index (κ3) is 14.6. The van der Waals surface area contributed by atoms with Crippen molar-refractivity contribution in [1.82, 2.24) is 0 Å². The number of rotatable bonds is 27. The second kappa shape index (κ2) is 21.9. The number of aryl methyl sites for hydroxylation is 1. The van der Waals surface area contributed by atoms with E-state index in [9.17, 15) is 28.6 Å². The smallest absolute Gasteiger partial charge is 0.336 e. The van der Waals surface area contributed by atoms with Gasteiger partial charge in [-0.3, -0.25) is 24.8 Å². The lowest BCUT2D eigenvalue weighted by molar-refractivity contribution is -0.925. The fourth-order valence-corrected chi connectivity index (χ4v) is 6.61. The van der Waals surface area contributed by atoms with Crippen molar-refractivity contribution in [1.29, 1.82) is 0 Å². The third-order valence-corrected chi connectivity index (χ3v) is 10.2. The molecule has 0 spiro atoms. The zero-order valence-electron chi connectivity index (χ0n) is 29.6. The summed E-state index contributed by atoms with van der Waals surface area (Å²) >= 11 is 0.626. The summed E-state index contributed by atoms with van der Waals surface area (Å²) in [5.41, 5.74) is 1.78. The number of benzene rings is 1. The minimum atomic E-state index is -3.94. The van der Waals surface area contributed by atoms with E-state index >= 15 is 0 Å². The van der Waals surface area contributed by atoms with Gasteiger partial charge in [0.15, 0.2) is 0 Å². The van der Waals surface area contributed by atoms with Gasteiger partial charge < -0.3 is 28.3 Å². The van der Waals surface area contributed by atoms with Crippen LogP contribution < -0.4 is 4.90 Å². The summed E-state index contributed by atoms with van der Waals surface area (Å²) < 4.78 is 54.4. The monoisotopic (exact) mass is 747 g/mol. The molecule has 0 saturated heterocycles. The van der Waals surface area contributed by atoms with Crippen LogP contribution in [-0.4, -0.2) is 125 Å². The minimum absolute atomic E-state index is 0.0415. The van der Waals surface area contributed by atoms with Gasteiger partial charge in [0.2, 0.25) is 5.00 Å². The lowest BCUT2D eigenvalue weighted by Gasteiger charge is -2.36. The topological polar surface area (TPSA) is 206 Å². The van der Waals surface area contributed by atoms with Gasteiger partial charge in [-0.1, -0.05) is 0 Å². The first kappa shape index (κ1) is 43.0. The molecule has 19 heteroatoms. The molecule has 0 unspecified atom stereocenters. The number of azo groups is 1. The molecular formula is C31H51N6O11S2+. The highest BCUT2D eigenvalue weighted by Crippen LogP contribution is 2.46. The number of hydrogen-bond donors (Lipinski definition) is 1. The van der Waals surface area contributed by atoms with Crippen LogP contribution in [0.5, 0.6) is 0 Å². The molecule has 0 aliphatic carbocycles. The molecule has 0 atom stereocenters. The summed E-state index contributed by atoms with van der Waals surface area (Å²) in [6.45, 7) is 17.5. The predicted molar refractivity (Wildman–Crippen MR) is 191 cm³/mol. The van der Waals surface area contributed by atoms with E-state index in [-0.39, 0.29) is 21.3 Å². The average molecular weight is 748 g/mol. The Morgan fingerprint density at radius 3 is 1.94 bits per heavy atom. The summed E-state index contributed by atoms with van der Waals surface area (Å²) in [5.74, 6) is -0.226. The Morgan fingerprint density at radius 1 is 0.860 bits per heavy atom. The number of ether oxygens (including phenoxy) is 4. The molecule has 50 heavy (non-hydrogen) atoms. The number of thiophene rings is 1. The fraction of sp³-hybridized carbons (Fsp3) is 0.677. The zero-order chi connectivity index (χ0) is 37.2. The van der Waals surface area contributed by atoms with Crippen LogP contribution in [0.3, 0.4) is 0 Å². The number of nitro groups is 2. The van der Waals surface area contributed by atoms with Gasteiger partial charge >= 0.3 is 10.7 Å². The van der Waals surface area contributed by atoms with E-state index in [0.717, 1.165) is 41.9 Å². The molecule has 0 radical (unpaired) electrons. The zero-order valence-corrected chi connectivity index (χ0v) is 31.2. The van der Waals surface area contributed by atoms with Crippen LogP contribution in [0.2, 0.25) is 0 Å². The molecule has 282 valence electrons. The maximum Gasteiger partial charge on any atom is 0.336 e. The van der Waals surface area contributed by atoms with Gasteiger partial charge in [-0.2, -0.15) is 8.42 Å². The first-order valence-corrected chi connectivity index (χ1v) is 19.0. The van der Waals surface area contributed by atoms with E-state index in [2.05, 4.69) is 29.0 Å². The van der Waals surface area contributed by atoms with E-state index in [1.165, 1.54) is 6.92 Å². The van der Waals surface area contributed by atoms with Gasteiger partial charge in [0.05, 0.1) is 93.8 Å². The van der Waals surface area contributed by atoms with E-state index in [1.807, 2.05) is 26.0 Å². The highest BCUT2D eigenvalue weighted by Gasteiger charge is 2.31. The van der Waals surface area contributed by atoms with Gasteiger partial charge in [0, 0.05) is 25.2 Å². The number of anilines is 1. The molecule has 2 rings (SSSR count). The Labute approximate surface area is 297 Å². The summed E-state index contributed by atoms with van der Waals surface area (Å²) in [6, 6.07) is 5.56. The quantitative estimate of drug-likeness (QED) is 0.0295. The molecule has 17 nitrogen and oxygen atoms in total. The molecule has 0 saturated carbocycles. The van der Waals surface area contributed by atoms with Crippen LogP contribution in [0.1, 0.15) is 38.3 Å². The van der Waals surface area contributed by atoms with E-state index in [0.29, 0.717) is 89.4 Å². The average Bonchev–Trinajstić information content (AvgIpc) is 3.41. The Kier molecular flexibility index (Phi) is 18.8. The molecule has 1 N–H and O–H groups in total. The maximum absolute atomic E-state index is 11.5. The first-order chi connectivity index (χ1) is 23.8. The van der Waals surface area contributed by atoms with E-state index < -0.39 is 25.7 Å². The van der Waals surface area contributed by atoms with Crippen LogP contribution in [0.25, 0.3) is 0 Å². The molecule has 0 aliphatic rings. The van der Waals surface area contributed by atoms with Crippen molar-refractivity contribution in [3.63, 3.8) is 0 Å². The van der Waals surface area contributed by atoms with Crippen molar-refractivity contribution in [2.45, 2.75) is 41.0 Å². The summed E-state index contributed by atoms with van der Waals surface area (Å²) in [5, 5.41) is 30.4. The fourth-order valence-electron chi connectivity index (χ4n) is 5.20. The Hall–Kier alpha value is -3.17. The van der Waals surface area contributed by atoms with Gasteiger partial charge in [-0.25, -0.2) is 0 Å². The molecule has 1 aromatic carbocycles. The highest BCUT2D eigenvalue weighted by atomic mass is 32.2. The molecule has 0 fully saturated rings. The Bertz CT molecular complexity index is 1500. The van der Waals surface area contributed by atoms with E-state index in [4.69, 9.17) is 23.5 Å². The van der Waals surface area contributed by atoms with E-state index in [1.54, 1.807) is 6.07 Å². The summed E-state index contributed by atoms with van der Waals surface area (Å²) in [4.78, 5) is 23.5. The number of hydrogen-bond acceptors (Lipinski definition) is 14. The number of likely N-dealkylation sites (N-methyl/N-ethyl adjacent to an activating group) is 2. The van der Waals surface area contributed by atoms with Crippen LogP contribution >= 0.6 is 11.3 Å². The second-order valence-corrected chi connectivity index (χ2v) is 14.0. The predicted octanol–water partition coefficient (Wildman–Crippen LogP) is 5.62. The van der Waals surface area contributed by atoms with Gasteiger partial charge in [-0.05, 0) is 69.7 Å². The lowest BCUT2D eigenvalue weighted by atomic mass is 10.1. The Morgan fingerprint density at radius 2 is 1.44 bits per heavy atom. The summed E-state index contributed by atoms with van der Waals surface area (Å²) in [7, 11) is -3.94. The van der Waals surface area contributed by atoms with Crippen LogP contribution in [0, 0.1) is 34.1 Å². The van der Waals surface area contributed by atoms with Crippen LogP contribution in [-0.2, 0) is 29.1 Å². The van der Waals surface area contributed by atoms with Crippen molar-refractivity contribution in [3.05, 3.63) is 49.6 Å². The molecule has 2 aromatic rings. The molecular weight excluding hydrogens is 697 g/mol. The van der Waals surface area contributed by atoms with Crippen molar-refractivity contribution < 1.29 is 46.2 Å². The van der Waals surface area contributed by atoms with Gasteiger partial charge in [0.1, 0.15) is 12.1 Å². The Balaban J connectivity index is 1.63. The largest absolute Gasteiger partial charge is 0.377 e. The van der Waals surface area contributed by atoms with Gasteiger partial charge in [-0.15, -0.1) is 10.2 Å². The van der Waals surface area contributed by atoms with Crippen LogP contribution in [0.4, 0.5) is 27.1 Å². The second-order valence-electron chi connectivity index (χ2n) is 11.5. The first-order valence-electron chi connectivity index (χ1n) is 16.6. The number of nitrogens with zero attached hydrogens (tertiary/aromatic N) is 6. The molecule has 1 aromatic heterocycles. The normalized spacial score (nSPS) is 12.2. The molecule has 0 bridgehead atoms. The number of quaternary nitrogens is 1. The third-order valence-electron chi connectivity index (χ3n) is 8.30. The molecule has 0 aliphatic heterocycles.